The van der Waals surface area contributed by atoms with Crippen LogP contribution in [0.3, 0.4) is 0 Å². The predicted molar refractivity (Wildman–Crippen MR) is 112 cm³/mol. The molecule has 5 nitrogen and oxygen atoms in total. The standard InChI is InChI=1S/C21H23ClN2O3S/c22-17-6-4-16(5-7-17)21(12-1-2-13-21)20(25)23-18-8-10-19(11-9-18)24-14-3-15-28(24,26)27/h4-11H,1-3,12-15H2,(H,23,25). The van der Waals surface area contributed by atoms with Crippen molar-refractivity contribution in [2.24, 2.45) is 0 Å². The summed E-state index contributed by atoms with van der Waals surface area (Å²) in [5.74, 6) is 0.170. The molecule has 0 unspecified atom stereocenters. The van der Waals surface area contributed by atoms with E-state index in [2.05, 4.69) is 5.32 Å². The van der Waals surface area contributed by atoms with Crippen molar-refractivity contribution in [3.63, 3.8) is 0 Å². The number of hydrogen-bond donors (Lipinski definition) is 1. The van der Waals surface area contributed by atoms with Gasteiger partial charge >= 0.3 is 0 Å². The summed E-state index contributed by atoms with van der Waals surface area (Å²) in [7, 11) is -3.20. The maximum atomic E-state index is 13.2. The first kappa shape index (κ1) is 19.3. The predicted octanol–water partition coefficient (Wildman–Crippen LogP) is 4.33. The molecular weight excluding hydrogens is 396 g/mol. The number of amides is 1. The molecule has 0 bridgehead atoms. The van der Waals surface area contributed by atoms with Crippen LogP contribution in [0.15, 0.2) is 48.5 Å². The molecule has 148 valence electrons. The molecule has 1 aliphatic heterocycles. The summed E-state index contributed by atoms with van der Waals surface area (Å²) in [4.78, 5) is 13.2. The molecule has 2 aliphatic rings. The summed E-state index contributed by atoms with van der Waals surface area (Å²) in [6.07, 6.45) is 4.29. The molecule has 0 spiro atoms. The van der Waals surface area contributed by atoms with E-state index in [0.29, 0.717) is 29.4 Å². The van der Waals surface area contributed by atoms with Crippen molar-refractivity contribution >= 4 is 38.9 Å². The van der Waals surface area contributed by atoms with E-state index in [-0.39, 0.29) is 11.7 Å². The monoisotopic (exact) mass is 418 g/mol. The quantitative estimate of drug-likeness (QED) is 0.803. The number of anilines is 2. The third-order valence-electron chi connectivity index (χ3n) is 5.80. The van der Waals surface area contributed by atoms with Crippen molar-refractivity contribution in [1.29, 1.82) is 0 Å². The second kappa shape index (κ2) is 7.41. The number of sulfonamides is 1. The largest absolute Gasteiger partial charge is 0.325 e. The van der Waals surface area contributed by atoms with Gasteiger partial charge in [-0.1, -0.05) is 36.6 Å². The molecule has 1 amide bonds. The van der Waals surface area contributed by atoms with Crippen molar-refractivity contribution in [3.8, 4) is 0 Å². The third-order valence-corrected chi connectivity index (χ3v) is 7.92. The number of nitrogens with zero attached hydrogens (tertiary/aromatic N) is 1. The number of halogens is 1. The molecule has 2 fully saturated rings. The fourth-order valence-electron chi connectivity index (χ4n) is 4.29. The smallest absolute Gasteiger partial charge is 0.235 e. The van der Waals surface area contributed by atoms with Gasteiger partial charge in [0.2, 0.25) is 15.9 Å². The van der Waals surface area contributed by atoms with Crippen LogP contribution < -0.4 is 9.62 Å². The lowest BCUT2D eigenvalue weighted by molar-refractivity contribution is -0.121. The Morgan fingerprint density at radius 3 is 2.18 bits per heavy atom. The van der Waals surface area contributed by atoms with Crippen LogP contribution >= 0.6 is 11.6 Å². The first-order valence-corrected chi connectivity index (χ1v) is 11.6. The number of nitrogens with one attached hydrogen (secondary N) is 1. The van der Waals surface area contributed by atoms with Gasteiger partial charge in [0.15, 0.2) is 0 Å². The molecule has 1 heterocycles. The van der Waals surface area contributed by atoms with Crippen LogP contribution in [-0.2, 0) is 20.2 Å². The van der Waals surface area contributed by atoms with Gasteiger partial charge in [0, 0.05) is 17.3 Å². The molecule has 2 aromatic rings. The van der Waals surface area contributed by atoms with Crippen LogP contribution in [0.4, 0.5) is 11.4 Å². The zero-order chi connectivity index (χ0) is 19.8. The van der Waals surface area contributed by atoms with E-state index >= 15 is 0 Å². The van der Waals surface area contributed by atoms with Gasteiger partial charge in [0.1, 0.15) is 0 Å². The minimum Gasteiger partial charge on any atom is -0.325 e. The molecule has 2 aromatic carbocycles. The highest BCUT2D eigenvalue weighted by atomic mass is 35.5. The van der Waals surface area contributed by atoms with E-state index in [1.807, 2.05) is 24.3 Å². The van der Waals surface area contributed by atoms with E-state index < -0.39 is 15.4 Å². The van der Waals surface area contributed by atoms with Gasteiger partial charge < -0.3 is 5.32 Å². The van der Waals surface area contributed by atoms with Crippen molar-refractivity contribution in [2.45, 2.75) is 37.5 Å². The van der Waals surface area contributed by atoms with Crippen LogP contribution in [0.1, 0.15) is 37.7 Å². The average Bonchev–Trinajstić information content (AvgIpc) is 3.30. The second-order valence-electron chi connectivity index (χ2n) is 7.54. The van der Waals surface area contributed by atoms with E-state index in [1.54, 1.807) is 24.3 Å². The lowest BCUT2D eigenvalue weighted by Crippen LogP contribution is -2.38. The first-order chi connectivity index (χ1) is 13.4. The summed E-state index contributed by atoms with van der Waals surface area (Å²) in [6.45, 7) is 0.508. The topological polar surface area (TPSA) is 66.5 Å². The highest BCUT2D eigenvalue weighted by Gasteiger charge is 2.42. The molecule has 0 atom stereocenters. The van der Waals surface area contributed by atoms with E-state index in [4.69, 9.17) is 11.6 Å². The first-order valence-electron chi connectivity index (χ1n) is 9.59. The molecular formula is C21H23ClN2O3S. The summed E-state index contributed by atoms with van der Waals surface area (Å²) < 4.78 is 25.6. The Morgan fingerprint density at radius 2 is 1.61 bits per heavy atom. The molecule has 1 aliphatic carbocycles. The van der Waals surface area contributed by atoms with Crippen LogP contribution in [0.25, 0.3) is 0 Å². The SMILES string of the molecule is O=C(Nc1ccc(N2CCCS2(=O)=O)cc1)C1(c2ccc(Cl)cc2)CCCC1. The zero-order valence-corrected chi connectivity index (χ0v) is 17.1. The van der Waals surface area contributed by atoms with E-state index in [0.717, 1.165) is 31.2 Å². The average molecular weight is 419 g/mol. The fourth-order valence-corrected chi connectivity index (χ4v) is 5.98. The van der Waals surface area contributed by atoms with Gasteiger partial charge in [-0.2, -0.15) is 0 Å². The van der Waals surface area contributed by atoms with Gasteiger partial charge in [-0.3, -0.25) is 9.10 Å². The number of hydrogen-bond acceptors (Lipinski definition) is 3. The van der Waals surface area contributed by atoms with Crippen LogP contribution in [0.5, 0.6) is 0 Å². The van der Waals surface area contributed by atoms with E-state index in [1.165, 1.54) is 4.31 Å². The number of carbonyl (C=O) groups is 1. The summed E-state index contributed by atoms with van der Waals surface area (Å²) in [6, 6.07) is 14.6. The minimum absolute atomic E-state index is 0.0196. The van der Waals surface area contributed by atoms with Crippen molar-refractivity contribution in [1.82, 2.24) is 0 Å². The molecule has 7 heteroatoms. The molecule has 0 aromatic heterocycles. The van der Waals surface area contributed by atoms with Crippen molar-refractivity contribution < 1.29 is 13.2 Å². The number of carbonyl (C=O) groups excluding carboxylic acids is 1. The van der Waals surface area contributed by atoms with Gasteiger partial charge in [0.25, 0.3) is 0 Å². The van der Waals surface area contributed by atoms with Gasteiger partial charge in [-0.05, 0) is 61.2 Å². The summed E-state index contributed by atoms with van der Waals surface area (Å²) in [5.41, 5.74) is 1.77. The van der Waals surface area contributed by atoms with Crippen LogP contribution in [0.2, 0.25) is 5.02 Å². The Bertz CT molecular complexity index is 966. The normalized spacial score (nSPS) is 20.2. The Labute approximate surface area is 170 Å². The van der Waals surface area contributed by atoms with E-state index in [9.17, 15) is 13.2 Å². The lowest BCUT2D eigenvalue weighted by atomic mass is 9.78. The second-order valence-corrected chi connectivity index (χ2v) is 9.99. The molecule has 4 rings (SSSR count). The molecule has 1 N–H and O–H groups in total. The van der Waals surface area contributed by atoms with Gasteiger partial charge in [-0.25, -0.2) is 8.42 Å². The summed E-state index contributed by atoms with van der Waals surface area (Å²) >= 11 is 6.01. The maximum absolute atomic E-state index is 13.2. The summed E-state index contributed by atoms with van der Waals surface area (Å²) in [5, 5.41) is 3.69. The Morgan fingerprint density at radius 1 is 0.964 bits per heavy atom. The Balaban J connectivity index is 1.54. The van der Waals surface area contributed by atoms with Crippen LogP contribution in [-0.4, -0.2) is 26.6 Å². The molecule has 28 heavy (non-hydrogen) atoms. The zero-order valence-electron chi connectivity index (χ0n) is 15.5. The Kier molecular flexibility index (Phi) is 5.10. The van der Waals surface area contributed by atoms with Gasteiger partial charge in [-0.15, -0.1) is 0 Å². The number of benzene rings is 2. The molecule has 1 saturated heterocycles. The lowest BCUT2D eigenvalue weighted by Gasteiger charge is -2.28. The number of rotatable bonds is 4. The van der Waals surface area contributed by atoms with Crippen molar-refractivity contribution in [2.75, 3.05) is 21.9 Å². The minimum atomic E-state index is -3.20. The highest BCUT2D eigenvalue weighted by molar-refractivity contribution is 7.93. The highest BCUT2D eigenvalue weighted by Crippen LogP contribution is 2.42. The molecule has 1 saturated carbocycles. The van der Waals surface area contributed by atoms with Gasteiger partial charge in [0.05, 0.1) is 16.9 Å². The third kappa shape index (κ3) is 3.51. The fraction of sp³-hybridized carbons (Fsp3) is 0.381. The Hall–Kier alpha value is -2.05. The van der Waals surface area contributed by atoms with Crippen molar-refractivity contribution in [3.05, 3.63) is 59.1 Å². The maximum Gasteiger partial charge on any atom is 0.235 e. The van der Waals surface area contributed by atoms with Crippen LogP contribution in [0, 0.1) is 0 Å². The molecule has 0 radical (unpaired) electrons.